The molecule has 0 bridgehead atoms. The lowest BCUT2D eigenvalue weighted by Crippen LogP contribution is -2.30. The van der Waals surface area contributed by atoms with Gasteiger partial charge in [0.05, 0.1) is 12.1 Å². The maximum Gasteiger partial charge on any atom is 0.231 e. The lowest BCUT2D eigenvalue weighted by Gasteiger charge is -2.17. The number of anilines is 1. The molecule has 0 aliphatic heterocycles. The first-order chi connectivity index (χ1) is 9.10. The topological polar surface area (TPSA) is 71.2 Å². The fraction of sp³-hybridized carbons (Fsp3) is 0.286. The van der Waals surface area contributed by atoms with Crippen molar-refractivity contribution in [3.05, 3.63) is 35.9 Å². The van der Waals surface area contributed by atoms with E-state index in [4.69, 9.17) is 5.73 Å². The van der Waals surface area contributed by atoms with Gasteiger partial charge in [-0.1, -0.05) is 18.2 Å². The number of nitrogens with one attached hydrogen (secondary N) is 1. The number of nitrogens with two attached hydrogens (primary N) is 1. The largest absolute Gasteiger partial charge is 0.373 e. The summed E-state index contributed by atoms with van der Waals surface area (Å²) in [4.78, 5) is 17.4. The van der Waals surface area contributed by atoms with Gasteiger partial charge in [0.1, 0.15) is 5.82 Å². The Bertz CT molecular complexity index is 597. The van der Waals surface area contributed by atoms with E-state index in [0.29, 0.717) is 6.54 Å². The monoisotopic (exact) mass is 258 g/mol. The van der Waals surface area contributed by atoms with E-state index in [1.165, 1.54) is 0 Å². The van der Waals surface area contributed by atoms with Crippen LogP contribution in [0, 0.1) is 0 Å². The third-order valence-electron chi connectivity index (χ3n) is 2.91. The molecule has 0 saturated heterocycles. The maximum atomic E-state index is 10.9. The van der Waals surface area contributed by atoms with Crippen molar-refractivity contribution in [3.63, 3.8) is 0 Å². The minimum Gasteiger partial charge on any atom is -0.373 e. The van der Waals surface area contributed by atoms with E-state index in [0.717, 1.165) is 22.3 Å². The van der Waals surface area contributed by atoms with Crippen LogP contribution in [0.2, 0.25) is 0 Å². The molecule has 100 valence electrons. The first-order valence-corrected chi connectivity index (χ1v) is 6.13. The number of benzene rings is 1. The highest BCUT2D eigenvalue weighted by Gasteiger charge is 2.09. The lowest BCUT2D eigenvalue weighted by atomic mass is 10.1. The number of para-hydroxylation sites is 1. The average molecular weight is 258 g/mol. The molecule has 1 heterocycles. The molecule has 0 saturated carbocycles. The minimum absolute atomic E-state index is 0.232. The number of pyridine rings is 1. The third-order valence-corrected chi connectivity index (χ3v) is 2.91. The van der Waals surface area contributed by atoms with E-state index in [2.05, 4.69) is 16.4 Å². The molecule has 0 aliphatic rings. The van der Waals surface area contributed by atoms with Crippen molar-refractivity contribution in [1.82, 2.24) is 9.88 Å². The minimum atomic E-state index is -0.331. The fourth-order valence-electron chi connectivity index (χ4n) is 2.11. The molecule has 0 aliphatic carbocycles. The van der Waals surface area contributed by atoms with Crippen LogP contribution < -0.4 is 11.1 Å². The Balaban J connectivity index is 2.32. The number of hydrogen-bond donors (Lipinski definition) is 2. The van der Waals surface area contributed by atoms with Crippen molar-refractivity contribution < 1.29 is 4.79 Å². The highest BCUT2D eigenvalue weighted by atomic mass is 16.1. The number of fused-ring (bicyclic) bond motifs is 1. The predicted molar refractivity (Wildman–Crippen MR) is 76.8 cm³/mol. The van der Waals surface area contributed by atoms with Gasteiger partial charge in [-0.2, -0.15) is 0 Å². The van der Waals surface area contributed by atoms with E-state index in [1.807, 2.05) is 43.3 Å². The molecule has 0 radical (unpaired) electrons. The third kappa shape index (κ3) is 3.20. The fourth-order valence-corrected chi connectivity index (χ4v) is 2.11. The number of rotatable bonds is 5. The predicted octanol–water partition coefficient (Wildman–Crippen LogP) is 1.19. The number of amides is 1. The molecular formula is C14H18N4O. The van der Waals surface area contributed by atoms with Crippen molar-refractivity contribution in [2.24, 2.45) is 5.73 Å². The normalized spacial score (nSPS) is 10.9. The van der Waals surface area contributed by atoms with Gasteiger partial charge >= 0.3 is 0 Å². The summed E-state index contributed by atoms with van der Waals surface area (Å²) < 4.78 is 0. The van der Waals surface area contributed by atoms with Gasteiger partial charge in [0.15, 0.2) is 0 Å². The number of nitrogens with zero attached hydrogens (tertiary/aromatic N) is 2. The van der Waals surface area contributed by atoms with Gasteiger partial charge in [0.25, 0.3) is 0 Å². The van der Waals surface area contributed by atoms with Crippen molar-refractivity contribution in [2.45, 2.75) is 6.54 Å². The number of likely N-dealkylation sites (N-methyl/N-ethyl adjacent to an activating group) is 1. The quantitative estimate of drug-likeness (QED) is 0.845. The van der Waals surface area contributed by atoms with Crippen LogP contribution in [0.25, 0.3) is 10.9 Å². The molecule has 19 heavy (non-hydrogen) atoms. The second-order valence-corrected chi connectivity index (χ2v) is 4.58. The maximum absolute atomic E-state index is 10.9. The molecule has 3 N–H and O–H groups in total. The molecule has 0 unspecified atom stereocenters. The van der Waals surface area contributed by atoms with E-state index in [1.54, 1.807) is 0 Å². The Morgan fingerprint density at radius 2 is 2.16 bits per heavy atom. The Kier molecular flexibility index (Phi) is 3.97. The van der Waals surface area contributed by atoms with Crippen LogP contribution in [0.15, 0.2) is 30.3 Å². The number of carbonyl (C=O) groups excluding carboxylic acids is 1. The second-order valence-electron chi connectivity index (χ2n) is 4.58. The molecule has 1 aromatic heterocycles. The summed E-state index contributed by atoms with van der Waals surface area (Å²) in [7, 11) is 3.70. The van der Waals surface area contributed by atoms with Crippen LogP contribution in [0.5, 0.6) is 0 Å². The number of hydrogen-bond acceptors (Lipinski definition) is 4. The van der Waals surface area contributed by atoms with Crippen molar-refractivity contribution in [1.29, 1.82) is 0 Å². The molecular weight excluding hydrogens is 240 g/mol. The van der Waals surface area contributed by atoms with Gasteiger partial charge in [-0.05, 0) is 19.2 Å². The highest BCUT2D eigenvalue weighted by Crippen LogP contribution is 2.21. The molecule has 2 rings (SSSR count). The Morgan fingerprint density at radius 3 is 2.84 bits per heavy atom. The molecule has 2 aromatic rings. The van der Waals surface area contributed by atoms with Crippen molar-refractivity contribution in [2.75, 3.05) is 26.0 Å². The number of aromatic nitrogens is 1. The molecule has 5 heteroatoms. The smallest absolute Gasteiger partial charge is 0.231 e. The van der Waals surface area contributed by atoms with Crippen LogP contribution in [0.3, 0.4) is 0 Å². The summed E-state index contributed by atoms with van der Waals surface area (Å²) in [6, 6.07) is 10.0. The van der Waals surface area contributed by atoms with Gasteiger partial charge in [-0.15, -0.1) is 0 Å². The van der Waals surface area contributed by atoms with Gasteiger partial charge in [0.2, 0.25) is 5.91 Å². The van der Waals surface area contributed by atoms with Crippen LogP contribution in [0.1, 0.15) is 5.56 Å². The number of carbonyl (C=O) groups is 1. The van der Waals surface area contributed by atoms with Crippen LogP contribution in [-0.2, 0) is 11.3 Å². The summed E-state index contributed by atoms with van der Waals surface area (Å²) >= 11 is 0. The van der Waals surface area contributed by atoms with Crippen molar-refractivity contribution in [3.8, 4) is 0 Å². The molecule has 1 aromatic carbocycles. The zero-order valence-electron chi connectivity index (χ0n) is 11.2. The molecule has 1 amide bonds. The molecule has 5 nitrogen and oxygen atoms in total. The van der Waals surface area contributed by atoms with E-state index < -0.39 is 0 Å². The van der Waals surface area contributed by atoms with Crippen LogP contribution >= 0.6 is 0 Å². The summed E-state index contributed by atoms with van der Waals surface area (Å²) in [6.45, 7) is 0.854. The van der Waals surface area contributed by atoms with Gasteiger partial charge in [0, 0.05) is 24.5 Å². The summed E-state index contributed by atoms with van der Waals surface area (Å²) in [5.41, 5.74) is 7.19. The molecule has 0 spiro atoms. The average Bonchev–Trinajstić information content (AvgIpc) is 2.36. The van der Waals surface area contributed by atoms with Crippen LogP contribution in [0.4, 0.5) is 5.82 Å². The standard InChI is InChI=1S/C14H18N4O/c1-16-14-11(8-18(2)9-13(15)19)7-10-5-3-4-6-12(10)17-14/h3-7H,8-9H2,1-2H3,(H2,15,19)(H,16,17). The summed E-state index contributed by atoms with van der Waals surface area (Å²) in [5.74, 6) is 0.497. The Morgan fingerprint density at radius 1 is 1.42 bits per heavy atom. The van der Waals surface area contributed by atoms with Gasteiger partial charge < -0.3 is 11.1 Å². The van der Waals surface area contributed by atoms with E-state index >= 15 is 0 Å². The summed E-state index contributed by atoms with van der Waals surface area (Å²) in [6.07, 6.45) is 0. The Labute approximate surface area is 112 Å². The highest BCUT2D eigenvalue weighted by molar-refractivity contribution is 5.81. The zero-order valence-corrected chi connectivity index (χ0v) is 11.2. The zero-order chi connectivity index (χ0) is 13.8. The first-order valence-electron chi connectivity index (χ1n) is 6.13. The number of primary amides is 1. The Hall–Kier alpha value is -2.14. The lowest BCUT2D eigenvalue weighted by molar-refractivity contribution is -0.118. The van der Waals surface area contributed by atoms with E-state index in [-0.39, 0.29) is 12.5 Å². The molecule has 0 fully saturated rings. The second kappa shape index (κ2) is 5.67. The first kappa shape index (κ1) is 13.3. The summed E-state index contributed by atoms with van der Waals surface area (Å²) in [5, 5.41) is 4.18. The van der Waals surface area contributed by atoms with Crippen LogP contribution in [-0.4, -0.2) is 36.4 Å². The van der Waals surface area contributed by atoms with Crippen molar-refractivity contribution >= 4 is 22.6 Å². The SMILES string of the molecule is CNc1nc2ccccc2cc1CN(C)CC(N)=O. The van der Waals surface area contributed by atoms with Gasteiger partial charge in [-0.3, -0.25) is 9.69 Å². The molecule has 0 atom stereocenters. The van der Waals surface area contributed by atoms with Gasteiger partial charge in [-0.25, -0.2) is 4.98 Å². The van der Waals surface area contributed by atoms with E-state index in [9.17, 15) is 4.79 Å².